The maximum Gasteiger partial charge on any atom is 0.258 e. The van der Waals surface area contributed by atoms with Crippen LogP contribution in [0.1, 0.15) is 5.69 Å². The predicted molar refractivity (Wildman–Crippen MR) is 72.2 cm³/mol. The van der Waals surface area contributed by atoms with Crippen molar-refractivity contribution in [1.82, 2.24) is 24.8 Å². The first-order valence-corrected chi connectivity index (χ1v) is 7.24. The molecule has 0 saturated heterocycles. The summed E-state index contributed by atoms with van der Waals surface area (Å²) in [6.07, 6.45) is 1.61. The molecule has 0 aliphatic carbocycles. The van der Waals surface area contributed by atoms with Crippen LogP contribution in [0, 0.1) is 6.92 Å². The highest BCUT2D eigenvalue weighted by Crippen LogP contribution is 2.28. The van der Waals surface area contributed by atoms with Crippen molar-refractivity contribution in [2.24, 2.45) is 0 Å². The molecule has 0 fully saturated rings. The first kappa shape index (κ1) is 10.8. The number of aryl methyl sites for hydroxylation is 1. The van der Waals surface area contributed by atoms with Crippen LogP contribution >= 0.6 is 22.7 Å². The van der Waals surface area contributed by atoms with Gasteiger partial charge in [0.25, 0.3) is 5.89 Å². The van der Waals surface area contributed by atoms with Crippen molar-refractivity contribution in [3.63, 3.8) is 0 Å². The first-order valence-electron chi connectivity index (χ1n) is 5.48. The number of hydrogen-bond donors (Lipinski definition) is 0. The standard InChI is InChI=1S/C11H7N5OS2/c1-6-4-17-9(12-6)10-15-16-8(7-2-3-18-5-7)13-14-11(16)19-10/h2-5H,1H3. The fraction of sp³-hybridized carbons (Fsp3) is 0.0909. The minimum absolute atomic E-state index is 0.518. The number of oxazole rings is 1. The number of thiophene rings is 1. The largest absolute Gasteiger partial charge is 0.442 e. The third kappa shape index (κ3) is 1.68. The molecule has 4 heterocycles. The molecule has 0 saturated carbocycles. The van der Waals surface area contributed by atoms with E-state index in [1.807, 2.05) is 23.8 Å². The van der Waals surface area contributed by atoms with Crippen LogP contribution in [0.5, 0.6) is 0 Å². The molecule has 0 aliphatic rings. The average Bonchev–Trinajstić information content (AvgIpc) is 3.11. The van der Waals surface area contributed by atoms with Gasteiger partial charge in [0.2, 0.25) is 9.97 Å². The van der Waals surface area contributed by atoms with Gasteiger partial charge in [-0.2, -0.15) is 15.9 Å². The lowest BCUT2D eigenvalue weighted by molar-refractivity contribution is 0.571. The summed E-state index contributed by atoms with van der Waals surface area (Å²) in [6.45, 7) is 1.88. The SMILES string of the molecule is Cc1coc(-c2nn3c(-c4ccsc4)nnc3s2)n1. The van der Waals surface area contributed by atoms with Gasteiger partial charge in [0, 0.05) is 10.9 Å². The maximum atomic E-state index is 5.36. The quantitative estimate of drug-likeness (QED) is 0.567. The first-order chi connectivity index (χ1) is 9.31. The van der Waals surface area contributed by atoms with E-state index in [9.17, 15) is 0 Å². The summed E-state index contributed by atoms with van der Waals surface area (Å²) in [5, 5.41) is 17.5. The van der Waals surface area contributed by atoms with E-state index in [0.717, 1.165) is 22.0 Å². The normalized spacial score (nSPS) is 11.4. The molecule has 0 aliphatic heterocycles. The lowest BCUT2D eigenvalue weighted by atomic mass is 10.3. The lowest BCUT2D eigenvalue weighted by Gasteiger charge is -1.90. The van der Waals surface area contributed by atoms with E-state index in [-0.39, 0.29) is 0 Å². The molecule has 4 aromatic rings. The summed E-state index contributed by atoms with van der Waals surface area (Å²) in [5.41, 5.74) is 1.84. The molecule has 4 aromatic heterocycles. The van der Waals surface area contributed by atoms with Crippen molar-refractivity contribution >= 4 is 27.6 Å². The zero-order valence-corrected chi connectivity index (χ0v) is 11.4. The molecule has 0 atom stereocenters. The van der Waals surface area contributed by atoms with Crippen molar-refractivity contribution in [2.75, 3.05) is 0 Å². The number of nitrogens with zero attached hydrogens (tertiary/aromatic N) is 5. The third-order valence-corrected chi connectivity index (χ3v) is 4.14. The van der Waals surface area contributed by atoms with Crippen LogP contribution in [0.2, 0.25) is 0 Å². The molecule has 0 radical (unpaired) electrons. The number of hydrogen-bond acceptors (Lipinski definition) is 7. The van der Waals surface area contributed by atoms with Gasteiger partial charge < -0.3 is 4.42 Å². The molecule has 4 rings (SSSR count). The van der Waals surface area contributed by atoms with Gasteiger partial charge in [0.05, 0.1) is 5.69 Å². The van der Waals surface area contributed by atoms with Gasteiger partial charge in [-0.05, 0) is 18.4 Å². The van der Waals surface area contributed by atoms with Gasteiger partial charge in [0.1, 0.15) is 6.26 Å². The van der Waals surface area contributed by atoms with Crippen molar-refractivity contribution < 1.29 is 4.42 Å². The van der Waals surface area contributed by atoms with Crippen LogP contribution < -0.4 is 0 Å². The molecule has 8 heteroatoms. The Labute approximate surface area is 115 Å². The molecule has 0 spiro atoms. The molecular weight excluding hydrogens is 282 g/mol. The topological polar surface area (TPSA) is 69.1 Å². The fourth-order valence-electron chi connectivity index (χ4n) is 1.73. The highest BCUT2D eigenvalue weighted by molar-refractivity contribution is 7.19. The summed E-state index contributed by atoms with van der Waals surface area (Å²) in [6, 6.07) is 2.00. The van der Waals surface area contributed by atoms with Gasteiger partial charge in [-0.15, -0.1) is 15.3 Å². The van der Waals surface area contributed by atoms with E-state index in [2.05, 4.69) is 20.3 Å². The Hall–Kier alpha value is -2.06. The van der Waals surface area contributed by atoms with E-state index in [1.54, 1.807) is 22.1 Å². The van der Waals surface area contributed by atoms with Gasteiger partial charge in [-0.25, -0.2) is 4.98 Å². The predicted octanol–water partition coefficient (Wildman–Crippen LogP) is 2.88. The third-order valence-electron chi connectivity index (χ3n) is 2.57. The lowest BCUT2D eigenvalue weighted by Crippen LogP contribution is -1.89. The Morgan fingerprint density at radius 2 is 2.26 bits per heavy atom. The smallest absolute Gasteiger partial charge is 0.258 e. The van der Waals surface area contributed by atoms with Crippen LogP contribution in [0.15, 0.2) is 27.5 Å². The van der Waals surface area contributed by atoms with Gasteiger partial charge in [-0.3, -0.25) is 0 Å². The number of aromatic nitrogens is 5. The Bertz CT molecular complexity index is 842. The Morgan fingerprint density at radius 3 is 3.00 bits per heavy atom. The molecule has 6 nitrogen and oxygen atoms in total. The van der Waals surface area contributed by atoms with E-state index in [4.69, 9.17) is 4.42 Å². The zero-order chi connectivity index (χ0) is 12.8. The molecule has 19 heavy (non-hydrogen) atoms. The van der Waals surface area contributed by atoms with Crippen LogP contribution in [0.4, 0.5) is 0 Å². The van der Waals surface area contributed by atoms with Crippen LogP contribution in [-0.4, -0.2) is 24.8 Å². The van der Waals surface area contributed by atoms with Crippen LogP contribution in [-0.2, 0) is 0 Å². The summed E-state index contributed by atoms with van der Waals surface area (Å²) >= 11 is 3.02. The second kappa shape index (κ2) is 3.97. The highest BCUT2D eigenvalue weighted by Gasteiger charge is 2.17. The van der Waals surface area contributed by atoms with Crippen molar-refractivity contribution in [2.45, 2.75) is 6.92 Å². The average molecular weight is 289 g/mol. The highest BCUT2D eigenvalue weighted by atomic mass is 32.1. The maximum absolute atomic E-state index is 5.36. The van der Waals surface area contributed by atoms with Crippen molar-refractivity contribution in [1.29, 1.82) is 0 Å². The summed E-state index contributed by atoms with van der Waals surface area (Å²) in [4.78, 5) is 5.00. The molecule has 0 amide bonds. The fourth-order valence-corrected chi connectivity index (χ4v) is 3.13. The minimum atomic E-state index is 0.518. The van der Waals surface area contributed by atoms with E-state index >= 15 is 0 Å². The molecule has 0 bridgehead atoms. The molecule has 0 N–H and O–H groups in total. The second-order valence-corrected chi connectivity index (χ2v) is 5.67. The minimum Gasteiger partial charge on any atom is -0.442 e. The molecule has 94 valence electrons. The monoisotopic (exact) mass is 289 g/mol. The second-order valence-electron chi connectivity index (χ2n) is 3.93. The Balaban J connectivity index is 1.89. The summed E-state index contributed by atoms with van der Waals surface area (Å²) < 4.78 is 7.08. The van der Waals surface area contributed by atoms with Crippen molar-refractivity contribution in [3.8, 4) is 22.3 Å². The summed E-state index contributed by atoms with van der Waals surface area (Å²) in [7, 11) is 0. The molecule has 0 aromatic carbocycles. The molecule has 0 unspecified atom stereocenters. The van der Waals surface area contributed by atoms with E-state index < -0.39 is 0 Å². The Kier molecular flexibility index (Phi) is 2.26. The van der Waals surface area contributed by atoms with E-state index in [1.165, 1.54) is 11.3 Å². The van der Waals surface area contributed by atoms with Crippen LogP contribution in [0.3, 0.4) is 0 Å². The molecular formula is C11H7N5OS2. The van der Waals surface area contributed by atoms with Crippen LogP contribution in [0.25, 0.3) is 27.2 Å². The Morgan fingerprint density at radius 1 is 1.32 bits per heavy atom. The number of rotatable bonds is 2. The van der Waals surface area contributed by atoms with E-state index in [0.29, 0.717) is 10.9 Å². The van der Waals surface area contributed by atoms with Gasteiger partial charge in [0.15, 0.2) is 5.82 Å². The van der Waals surface area contributed by atoms with Crippen molar-refractivity contribution in [3.05, 3.63) is 28.8 Å². The zero-order valence-electron chi connectivity index (χ0n) is 9.77. The number of fused-ring (bicyclic) bond motifs is 1. The summed E-state index contributed by atoms with van der Waals surface area (Å²) in [5.74, 6) is 1.26. The van der Waals surface area contributed by atoms with Gasteiger partial charge >= 0.3 is 0 Å². The van der Waals surface area contributed by atoms with Gasteiger partial charge in [-0.1, -0.05) is 11.3 Å².